The van der Waals surface area contributed by atoms with Gasteiger partial charge in [-0.25, -0.2) is 0 Å². The summed E-state index contributed by atoms with van der Waals surface area (Å²) in [6, 6.07) is 6.38. The Bertz CT molecular complexity index is 435. The largest absolute Gasteiger partial charge is 0.356 e. The summed E-state index contributed by atoms with van der Waals surface area (Å²) in [7, 11) is 1.87. The summed E-state index contributed by atoms with van der Waals surface area (Å²) in [6.07, 6.45) is 1.75. The van der Waals surface area contributed by atoms with Gasteiger partial charge in [0.15, 0.2) is 0 Å². The summed E-state index contributed by atoms with van der Waals surface area (Å²) in [5.41, 5.74) is 0.867. The number of carbonyl (C=O) groups excluding carboxylic acids is 1. The van der Waals surface area contributed by atoms with Gasteiger partial charge in [0, 0.05) is 25.1 Å². The number of nitro benzene ring substituents is 1. The summed E-state index contributed by atoms with van der Waals surface area (Å²) in [5.74, 6) is -0.0254. The second-order valence-electron chi connectivity index (χ2n) is 4.23. The Morgan fingerprint density at radius 2 is 2.16 bits per heavy atom. The van der Waals surface area contributed by atoms with E-state index in [0.29, 0.717) is 19.4 Å². The number of non-ortho nitro benzene ring substituents is 1. The summed E-state index contributed by atoms with van der Waals surface area (Å²) < 4.78 is 0. The van der Waals surface area contributed by atoms with Gasteiger partial charge in [0.1, 0.15) is 0 Å². The molecular formula is C13H19N3O3. The van der Waals surface area contributed by atoms with Crippen LogP contribution in [0, 0.1) is 10.1 Å². The molecule has 0 saturated heterocycles. The van der Waals surface area contributed by atoms with Gasteiger partial charge in [-0.1, -0.05) is 12.1 Å². The van der Waals surface area contributed by atoms with Crippen LogP contribution < -0.4 is 10.6 Å². The maximum Gasteiger partial charge on any atom is 0.269 e. The minimum Gasteiger partial charge on any atom is -0.356 e. The molecule has 6 nitrogen and oxygen atoms in total. The smallest absolute Gasteiger partial charge is 0.269 e. The molecule has 0 aliphatic heterocycles. The van der Waals surface area contributed by atoms with E-state index in [1.165, 1.54) is 12.1 Å². The van der Waals surface area contributed by atoms with Gasteiger partial charge in [0.2, 0.25) is 5.91 Å². The van der Waals surface area contributed by atoms with Gasteiger partial charge in [-0.2, -0.15) is 0 Å². The molecule has 0 bridgehead atoms. The van der Waals surface area contributed by atoms with Crippen molar-refractivity contribution in [3.05, 3.63) is 39.9 Å². The Morgan fingerprint density at radius 3 is 2.84 bits per heavy atom. The maximum atomic E-state index is 11.5. The molecule has 19 heavy (non-hydrogen) atoms. The molecular weight excluding hydrogens is 246 g/mol. The average molecular weight is 265 g/mol. The fraction of sp³-hybridized carbons (Fsp3) is 0.462. The van der Waals surface area contributed by atoms with Crippen molar-refractivity contribution in [3.8, 4) is 0 Å². The average Bonchev–Trinajstić information content (AvgIpc) is 2.41. The van der Waals surface area contributed by atoms with E-state index in [2.05, 4.69) is 10.6 Å². The second-order valence-corrected chi connectivity index (χ2v) is 4.23. The third kappa shape index (κ3) is 5.96. The number of benzene rings is 1. The van der Waals surface area contributed by atoms with Crippen molar-refractivity contribution >= 4 is 11.6 Å². The van der Waals surface area contributed by atoms with E-state index in [1.807, 2.05) is 7.05 Å². The number of hydrogen-bond donors (Lipinski definition) is 2. The van der Waals surface area contributed by atoms with Crippen molar-refractivity contribution in [2.75, 3.05) is 20.1 Å². The standard InChI is InChI=1S/C13H19N3O3/c1-14-8-3-9-15-13(17)7-6-11-4-2-5-12(10-11)16(18)19/h2,4-5,10,14H,3,6-9H2,1H3,(H,15,17). The maximum absolute atomic E-state index is 11.5. The summed E-state index contributed by atoms with van der Waals surface area (Å²) in [5, 5.41) is 16.4. The number of nitro groups is 1. The molecule has 0 unspecified atom stereocenters. The normalized spacial score (nSPS) is 10.2. The Balaban J connectivity index is 2.33. The SMILES string of the molecule is CNCCCNC(=O)CCc1cccc([N+](=O)[O-])c1. The molecule has 0 aliphatic rings. The van der Waals surface area contributed by atoms with Crippen LogP contribution in [-0.2, 0) is 11.2 Å². The molecule has 0 aromatic heterocycles. The zero-order chi connectivity index (χ0) is 14.1. The molecule has 1 rings (SSSR count). The molecule has 0 heterocycles. The van der Waals surface area contributed by atoms with Crippen LogP contribution in [0.5, 0.6) is 0 Å². The van der Waals surface area contributed by atoms with Crippen molar-refractivity contribution in [2.45, 2.75) is 19.3 Å². The first-order valence-electron chi connectivity index (χ1n) is 6.28. The van der Waals surface area contributed by atoms with Gasteiger partial charge in [0.05, 0.1) is 4.92 Å². The molecule has 0 aliphatic carbocycles. The third-order valence-corrected chi connectivity index (χ3v) is 2.69. The van der Waals surface area contributed by atoms with Crippen molar-refractivity contribution in [3.63, 3.8) is 0 Å². The lowest BCUT2D eigenvalue weighted by atomic mass is 10.1. The van der Waals surface area contributed by atoms with Crippen molar-refractivity contribution < 1.29 is 9.72 Å². The minimum absolute atomic E-state index is 0.0254. The second kappa shape index (κ2) is 8.20. The number of nitrogens with zero attached hydrogens (tertiary/aromatic N) is 1. The molecule has 104 valence electrons. The lowest BCUT2D eigenvalue weighted by Crippen LogP contribution is -2.26. The number of rotatable bonds is 8. The Labute approximate surface area is 112 Å². The van der Waals surface area contributed by atoms with Crippen LogP contribution in [0.3, 0.4) is 0 Å². The van der Waals surface area contributed by atoms with Crippen LogP contribution in [0.2, 0.25) is 0 Å². The number of hydrogen-bond acceptors (Lipinski definition) is 4. The summed E-state index contributed by atoms with van der Waals surface area (Å²) >= 11 is 0. The number of nitrogens with one attached hydrogen (secondary N) is 2. The van der Waals surface area contributed by atoms with Crippen LogP contribution in [-0.4, -0.2) is 31.0 Å². The first-order valence-corrected chi connectivity index (χ1v) is 6.28. The first kappa shape index (κ1) is 15.1. The molecule has 2 N–H and O–H groups in total. The third-order valence-electron chi connectivity index (χ3n) is 2.69. The molecule has 1 aromatic rings. The highest BCUT2D eigenvalue weighted by Crippen LogP contribution is 2.14. The molecule has 0 saturated carbocycles. The lowest BCUT2D eigenvalue weighted by molar-refractivity contribution is -0.384. The molecule has 0 spiro atoms. The monoisotopic (exact) mass is 265 g/mol. The summed E-state index contributed by atoms with van der Waals surface area (Å²) in [6.45, 7) is 1.51. The number of aryl methyl sites for hydroxylation is 1. The van der Waals surface area contributed by atoms with Gasteiger partial charge in [-0.15, -0.1) is 0 Å². The van der Waals surface area contributed by atoms with Crippen LogP contribution in [0.25, 0.3) is 0 Å². The highest BCUT2D eigenvalue weighted by molar-refractivity contribution is 5.76. The molecule has 6 heteroatoms. The number of amides is 1. The van der Waals surface area contributed by atoms with Crippen LogP contribution in [0.1, 0.15) is 18.4 Å². The first-order chi connectivity index (χ1) is 9.13. The van der Waals surface area contributed by atoms with E-state index in [1.54, 1.807) is 12.1 Å². The zero-order valence-corrected chi connectivity index (χ0v) is 11.0. The van der Waals surface area contributed by atoms with E-state index in [9.17, 15) is 14.9 Å². The van der Waals surface area contributed by atoms with Gasteiger partial charge < -0.3 is 10.6 Å². The van der Waals surface area contributed by atoms with Gasteiger partial charge in [0.25, 0.3) is 5.69 Å². The fourth-order valence-corrected chi connectivity index (χ4v) is 1.66. The van der Waals surface area contributed by atoms with E-state index < -0.39 is 4.92 Å². The Kier molecular flexibility index (Phi) is 6.52. The fourth-order valence-electron chi connectivity index (χ4n) is 1.66. The topological polar surface area (TPSA) is 84.3 Å². The summed E-state index contributed by atoms with van der Waals surface area (Å²) in [4.78, 5) is 21.7. The zero-order valence-electron chi connectivity index (χ0n) is 11.0. The van der Waals surface area contributed by atoms with E-state index in [-0.39, 0.29) is 11.6 Å². The van der Waals surface area contributed by atoms with Crippen LogP contribution >= 0.6 is 0 Å². The highest BCUT2D eigenvalue weighted by atomic mass is 16.6. The van der Waals surface area contributed by atoms with Gasteiger partial charge in [-0.3, -0.25) is 14.9 Å². The van der Waals surface area contributed by atoms with Crippen molar-refractivity contribution in [1.82, 2.24) is 10.6 Å². The van der Waals surface area contributed by atoms with Crippen LogP contribution in [0.4, 0.5) is 5.69 Å². The van der Waals surface area contributed by atoms with Gasteiger partial charge >= 0.3 is 0 Å². The Hall–Kier alpha value is -1.95. The van der Waals surface area contributed by atoms with E-state index >= 15 is 0 Å². The number of carbonyl (C=O) groups is 1. The van der Waals surface area contributed by atoms with Crippen molar-refractivity contribution in [1.29, 1.82) is 0 Å². The van der Waals surface area contributed by atoms with E-state index in [4.69, 9.17) is 0 Å². The minimum atomic E-state index is -0.429. The predicted molar refractivity (Wildman–Crippen MR) is 73.0 cm³/mol. The Morgan fingerprint density at radius 1 is 1.37 bits per heavy atom. The highest BCUT2D eigenvalue weighted by Gasteiger charge is 2.07. The predicted octanol–water partition coefficient (Wildman–Crippen LogP) is 1.25. The van der Waals surface area contributed by atoms with Crippen LogP contribution in [0.15, 0.2) is 24.3 Å². The lowest BCUT2D eigenvalue weighted by Gasteiger charge is -2.05. The van der Waals surface area contributed by atoms with Crippen molar-refractivity contribution in [2.24, 2.45) is 0 Å². The molecule has 1 aromatic carbocycles. The van der Waals surface area contributed by atoms with Gasteiger partial charge in [-0.05, 0) is 32.0 Å². The quantitative estimate of drug-likeness (QED) is 0.421. The van der Waals surface area contributed by atoms with E-state index in [0.717, 1.165) is 18.5 Å². The molecule has 1 amide bonds. The molecule has 0 atom stereocenters. The molecule has 0 radical (unpaired) electrons. The molecule has 0 fully saturated rings.